The molecule has 0 saturated heterocycles. The Labute approximate surface area is 89.1 Å². The van der Waals surface area contributed by atoms with Gasteiger partial charge < -0.3 is 4.74 Å². The third-order valence-corrected chi connectivity index (χ3v) is 1.68. The van der Waals surface area contributed by atoms with E-state index in [1.54, 1.807) is 6.08 Å². The molecule has 0 aliphatic rings. The molecule has 0 aliphatic carbocycles. The number of hydrogen-bond donors (Lipinski definition) is 1. The van der Waals surface area contributed by atoms with E-state index in [0.29, 0.717) is 0 Å². The molecule has 1 N–H and O–H groups in total. The molecule has 0 heterocycles. The van der Waals surface area contributed by atoms with Crippen LogP contribution in [0, 0.1) is 0 Å². The predicted octanol–water partition coefficient (Wildman–Crippen LogP) is 2.57. The smallest absolute Gasteiger partial charge is 0.410 e. The van der Waals surface area contributed by atoms with Crippen molar-refractivity contribution in [3.63, 3.8) is 0 Å². The number of benzene rings is 1. The number of amides is 1. The Morgan fingerprint density at radius 2 is 2.00 bits per heavy atom. The van der Waals surface area contributed by atoms with E-state index in [-0.39, 0.29) is 0 Å². The van der Waals surface area contributed by atoms with Crippen molar-refractivity contribution in [3.8, 4) is 0 Å². The summed E-state index contributed by atoms with van der Waals surface area (Å²) in [6.07, 6.45) is 6.55. The molecule has 0 radical (unpaired) electrons. The lowest BCUT2D eigenvalue weighted by Crippen LogP contribution is -2.15. The largest absolute Gasteiger partial charge is 0.453 e. The molecule has 0 aromatic heterocycles. The number of hydrogen-bond acceptors (Lipinski definition) is 2. The summed E-state index contributed by atoms with van der Waals surface area (Å²) in [5.41, 5.74) is 1.11. The van der Waals surface area contributed by atoms with Crippen molar-refractivity contribution in [3.05, 3.63) is 54.2 Å². The first-order valence-electron chi connectivity index (χ1n) is 4.55. The predicted molar refractivity (Wildman–Crippen MR) is 60.2 cm³/mol. The maximum Gasteiger partial charge on any atom is 0.410 e. The molecule has 3 heteroatoms. The van der Waals surface area contributed by atoms with Gasteiger partial charge in [-0.1, -0.05) is 42.5 Å². The van der Waals surface area contributed by atoms with Crippen LogP contribution in [0.15, 0.2) is 48.7 Å². The fourth-order valence-corrected chi connectivity index (χ4v) is 0.961. The Hall–Kier alpha value is -2.03. The normalized spacial score (nSPS) is 10.7. The Balaban J connectivity index is 2.37. The van der Waals surface area contributed by atoms with E-state index in [1.807, 2.05) is 42.5 Å². The van der Waals surface area contributed by atoms with E-state index >= 15 is 0 Å². The van der Waals surface area contributed by atoms with Crippen LogP contribution in [0.2, 0.25) is 0 Å². The summed E-state index contributed by atoms with van der Waals surface area (Å²) < 4.78 is 4.39. The first-order chi connectivity index (χ1) is 7.33. The lowest BCUT2D eigenvalue weighted by Gasteiger charge is -1.93. The van der Waals surface area contributed by atoms with Crippen LogP contribution >= 0.6 is 0 Å². The zero-order chi connectivity index (χ0) is 10.9. The molecule has 0 atom stereocenters. The van der Waals surface area contributed by atoms with Crippen molar-refractivity contribution in [1.29, 1.82) is 0 Å². The average Bonchev–Trinajstić information content (AvgIpc) is 2.29. The number of methoxy groups -OCH3 is 1. The van der Waals surface area contributed by atoms with Gasteiger partial charge in [-0.15, -0.1) is 0 Å². The topological polar surface area (TPSA) is 38.3 Å². The lowest BCUT2D eigenvalue weighted by atomic mass is 10.2. The minimum atomic E-state index is -0.473. The maximum absolute atomic E-state index is 10.6. The Kier molecular flexibility index (Phi) is 4.73. The minimum Gasteiger partial charge on any atom is -0.453 e. The van der Waals surface area contributed by atoms with Gasteiger partial charge in [0.1, 0.15) is 0 Å². The van der Waals surface area contributed by atoms with Crippen LogP contribution < -0.4 is 5.32 Å². The highest BCUT2D eigenvalue weighted by Gasteiger charge is 1.89. The second-order valence-corrected chi connectivity index (χ2v) is 2.76. The summed E-state index contributed by atoms with van der Waals surface area (Å²) in [7, 11) is 1.32. The second-order valence-electron chi connectivity index (χ2n) is 2.76. The van der Waals surface area contributed by atoms with E-state index in [0.717, 1.165) is 5.56 Å². The molecule has 1 aromatic carbocycles. The molecule has 0 unspecified atom stereocenters. The fraction of sp³-hybridized carbons (Fsp3) is 0.0833. The number of allylic oxidation sites excluding steroid dienone is 2. The number of carbonyl (C=O) groups is 1. The van der Waals surface area contributed by atoms with Crippen molar-refractivity contribution in [2.45, 2.75) is 0 Å². The Morgan fingerprint density at radius 1 is 1.27 bits per heavy atom. The van der Waals surface area contributed by atoms with E-state index in [9.17, 15) is 4.79 Å². The lowest BCUT2D eigenvalue weighted by molar-refractivity contribution is 0.175. The molecule has 1 rings (SSSR count). The van der Waals surface area contributed by atoms with E-state index in [1.165, 1.54) is 13.3 Å². The molecule has 0 aliphatic heterocycles. The monoisotopic (exact) mass is 203 g/mol. The summed E-state index contributed by atoms with van der Waals surface area (Å²) in [4.78, 5) is 10.6. The van der Waals surface area contributed by atoms with Crippen molar-refractivity contribution in [1.82, 2.24) is 5.32 Å². The summed E-state index contributed by atoms with van der Waals surface area (Å²) in [5, 5.41) is 2.43. The number of nitrogens with one attached hydrogen (secondary N) is 1. The van der Waals surface area contributed by atoms with Crippen LogP contribution in [0.5, 0.6) is 0 Å². The van der Waals surface area contributed by atoms with Crippen LogP contribution in [-0.2, 0) is 4.74 Å². The van der Waals surface area contributed by atoms with Gasteiger partial charge in [0.05, 0.1) is 7.11 Å². The minimum absolute atomic E-state index is 0.473. The molecule has 0 bridgehead atoms. The van der Waals surface area contributed by atoms with Gasteiger partial charge in [-0.3, -0.25) is 5.32 Å². The van der Waals surface area contributed by atoms with Gasteiger partial charge in [0, 0.05) is 6.20 Å². The third-order valence-electron chi connectivity index (χ3n) is 1.68. The van der Waals surface area contributed by atoms with Gasteiger partial charge in [0.25, 0.3) is 0 Å². The van der Waals surface area contributed by atoms with Gasteiger partial charge in [-0.2, -0.15) is 0 Å². The number of rotatable bonds is 3. The van der Waals surface area contributed by atoms with E-state index in [4.69, 9.17) is 0 Å². The molecule has 0 saturated carbocycles. The maximum atomic E-state index is 10.6. The average molecular weight is 203 g/mol. The van der Waals surface area contributed by atoms with Crippen LogP contribution in [0.1, 0.15) is 5.56 Å². The fourth-order valence-electron chi connectivity index (χ4n) is 0.961. The molecular formula is C12H13NO2. The summed E-state index contributed by atoms with van der Waals surface area (Å²) >= 11 is 0. The number of alkyl carbamates (subject to hydrolysis) is 1. The van der Waals surface area contributed by atoms with Crippen LogP contribution in [-0.4, -0.2) is 13.2 Å². The summed E-state index contributed by atoms with van der Waals surface area (Å²) in [6.45, 7) is 0. The van der Waals surface area contributed by atoms with E-state index < -0.39 is 6.09 Å². The second kappa shape index (κ2) is 6.43. The van der Waals surface area contributed by atoms with Gasteiger partial charge in [0.15, 0.2) is 0 Å². The number of ether oxygens (including phenoxy) is 1. The van der Waals surface area contributed by atoms with Crippen LogP contribution in [0.4, 0.5) is 4.79 Å². The number of carbonyl (C=O) groups excluding carboxylic acids is 1. The van der Waals surface area contributed by atoms with Gasteiger partial charge in [0.2, 0.25) is 0 Å². The molecule has 1 amide bonds. The molecule has 0 fully saturated rings. The van der Waals surface area contributed by atoms with Crippen LogP contribution in [0.25, 0.3) is 6.08 Å². The van der Waals surface area contributed by atoms with Crippen LogP contribution in [0.3, 0.4) is 0 Å². The Morgan fingerprint density at radius 3 is 2.67 bits per heavy atom. The van der Waals surface area contributed by atoms with Crippen molar-refractivity contribution in [2.24, 2.45) is 0 Å². The summed E-state index contributed by atoms with van der Waals surface area (Å²) in [6, 6.07) is 9.90. The van der Waals surface area contributed by atoms with E-state index in [2.05, 4.69) is 10.1 Å². The SMILES string of the molecule is COC(=O)NC=CC=Cc1ccccc1. The highest BCUT2D eigenvalue weighted by molar-refractivity contribution is 5.68. The molecule has 15 heavy (non-hydrogen) atoms. The molecule has 3 nitrogen and oxygen atoms in total. The standard InChI is InChI=1S/C12H13NO2/c1-15-12(14)13-10-6-5-9-11-7-3-2-4-8-11/h2-10H,1H3,(H,13,14). The van der Waals surface area contributed by atoms with Crippen molar-refractivity contribution in [2.75, 3.05) is 7.11 Å². The highest BCUT2D eigenvalue weighted by Crippen LogP contribution is 2.00. The highest BCUT2D eigenvalue weighted by atomic mass is 16.5. The zero-order valence-electron chi connectivity index (χ0n) is 8.51. The van der Waals surface area contributed by atoms with Gasteiger partial charge in [-0.05, 0) is 11.6 Å². The molecule has 78 valence electrons. The van der Waals surface area contributed by atoms with Crippen molar-refractivity contribution >= 4 is 12.2 Å². The van der Waals surface area contributed by atoms with Crippen molar-refractivity contribution < 1.29 is 9.53 Å². The first-order valence-corrected chi connectivity index (χ1v) is 4.55. The quantitative estimate of drug-likeness (QED) is 0.767. The van der Waals surface area contributed by atoms with Gasteiger partial charge >= 0.3 is 6.09 Å². The zero-order valence-corrected chi connectivity index (χ0v) is 8.51. The van der Waals surface area contributed by atoms with Gasteiger partial charge in [-0.25, -0.2) is 4.79 Å². The Bertz CT molecular complexity index is 355. The molecule has 1 aromatic rings. The summed E-state index contributed by atoms with van der Waals surface area (Å²) in [5.74, 6) is 0. The molecular weight excluding hydrogens is 190 g/mol. The molecule has 0 spiro atoms. The third kappa shape index (κ3) is 4.67. The first kappa shape index (κ1) is 11.0.